The van der Waals surface area contributed by atoms with E-state index >= 15 is 43.2 Å². The van der Waals surface area contributed by atoms with E-state index in [9.17, 15) is 27.6 Å². The minimum absolute atomic E-state index is 0.00152. The molecule has 26 nitrogen and oxygen atoms in total. The first kappa shape index (κ1) is 84.4. The van der Waals surface area contributed by atoms with E-state index < -0.39 is 180 Å². The minimum atomic E-state index is -4.78. The highest BCUT2D eigenvalue weighted by Gasteiger charge is 2.54. The van der Waals surface area contributed by atoms with E-state index in [1.807, 2.05) is 37.3 Å². The lowest BCUT2D eigenvalue weighted by Gasteiger charge is -2.47. The molecule has 12 rings (SSSR count). The number of hydrogen-bond acceptors (Lipinski definition) is 14. The van der Waals surface area contributed by atoms with Gasteiger partial charge in [-0.05, 0) is 144 Å². The van der Waals surface area contributed by atoms with Crippen LogP contribution in [0.5, 0.6) is 5.75 Å². The molecule has 10 atom stereocenters. The Morgan fingerprint density at radius 3 is 1.93 bits per heavy atom. The van der Waals surface area contributed by atoms with E-state index in [0.29, 0.717) is 94.8 Å². The Morgan fingerprint density at radius 1 is 0.624 bits per heavy atom. The lowest BCUT2D eigenvalue weighted by molar-refractivity contribution is -0.158. The molecule has 2 aromatic rings. The Hall–Kier alpha value is -8.63. The summed E-state index contributed by atoms with van der Waals surface area (Å²) in [6.45, 7) is 4.86. The number of nitrogens with one attached hydrogen (secondary N) is 3. The molecule has 0 aromatic heterocycles. The number of amides is 12. The van der Waals surface area contributed by atoms with Gasteiger partial charge in [0.2, 0.25) is 70.9 Å². The SMILES string of the molecule is CCO[C@@H]1C[C@H]2C(=O)NC3(CCC3)C(=O)N(C)[C@@H](C3CCCC3)C(=O)N(C)[C@H](C(=O)N3CCCCC3)CC(=O)N(C)[C@H]3CCCCCCc4ccc(cc4)C[C@@H](C(=O)N(C)CC(=O)N[C@@H](CCc4ccc(C(F)(F)F)c(OC)c4)C(=O)N2C1)N1CC/C=C\C[C@@H](C1=O)N(C)C(=O)CN(C)C(=O)[C@H]([C@@H](C)CC)NC3=O. The molecule has 1 spiro atoms. The van der Waals surface area contributed by atoms with Crippen LogP contribution in [0.1, 0.15) is 178 Å². The Kier molecular flexibility index (Phi) is 29.3. The Balaban J connectivity index is 1.16. The first-order chi connectivity index (χ1) is 51.9. The molecule has 600 valence electrons. The number of alkyl halides is 3. The average molecular weight is 1530 g/mol. The number of methoxy groups -OCH3 is 1. The molecule has 8 aliphatic heterocycles. The molecule has 109 heavy (non-hydrogen) atoms. The van der Waals surface area contributed by atoms with Gasteiger partial charge in [-0.25, -0.2) is 0 Å². The number of carbonyl (C=O) groups is 12. The van der Waals surface area contributed by atoms with Crippen LogP contribution in [0.4, 0.5) is 13.2 Å². The summed E-state index contributed by atoms with van der Waals surface area (Å²) < 4.78 is 53.9. The highest BCUT2D eigenvalue weighted by Crippen LogP contribution is 2.40. The molecule has 2 aliphatic carbocycles. The van der Waals surface area contributed by atoms with Crippen LogP contribution in [0.25, 0.3) is 0 Å². The van der Waals surface area contributed by atoms with Gasteiger partial charge in [-0.2, -0.15) is 13.2 Å². The maximum absolute atomic E-state index is 15.9. The van der Waals surface area contributed by atoms with Crippen LogP contribution in [-0.2, 0) is 87.7 Å². The van der Waals surface area contributed by atoms with Gasteiger partial charge in [-0.3, -0.25) is 57.5 Å². The van der Waals surface area contributed by atoms with E-state index in [1.165, 1.54) is 88.7 Å². The van der Waals surface area contributed by atoms with Gasteiger partial charge >= 0.3 is 6.18 Å². The third kappa shape index (κ3) is 20.3. The predicted molar refractivity (Wildman–Crippen MR) is 399 cm³/mol. The van der Waals surface area contributed by atoms with E-state index in [4.69, 9.17) is 9.47 Å². The van der Waals surface area contributed by atoms with Gasteiger partial charge < -0.3 is 69.5 Å². The van der Waals surface area contributed by atoms with Gasteiger partial charge in [0.25, 0.3) is 0 Å². The third-order valence-electron chi connectivity index (χ3n) is 23.9. The van der Waals surface area contributed by atoms with Gasteiger partial charge in [0.1, 0.15) is 59.6 Å². The normalized spacial score (nSPS) is 27.5. The van der Waals surface area contributed by atoms with Crippen molar-refractivity contribution in [1.29, 1.82) is 0 Å². The second kappa shape index (κ2) is 37.9. The number of nitrogens with zero attached hydrogens (tertiary/aromatic N) is 9. The number of carbonyl (C=O) groups excluding carboxylic acids is 12. The summed E-state index contributed by atoms with van der Waals surface area (Å²) in [6.07, 6.45) is 6.59. The van der Waals surface area contributed by atoms with Crippen molar-refractivity contribution < 1.29 is 80.2 Å². The number of rotatable bonds is 10. The van der Waals surface area contributed by atoms with E-state index in [1.54, 1.807) is 24.8 Å². The summed E-state index contributed by atoms with van der Waals surface area (Å²) in [4.78, 5) is 196. The smallest absolute Gasteiger partial charge is 0.419 e. The molecule has 3 saturated heterocycles. The number of halogens is 3. The summed E-state index contributed by atoms with van der Waals surface area (Å²) in [6, 6.07) is 0.494. The Labute approximate surface area is 639 Å². The van der Waals surface area contributed by atoms with E-state index in [-0.39, 0.29) is 71.1 Å². The zero-order valence-electron chi connectivity index (χ0n) is 65.3. The standard InChI is InChI=1S/C80H115F3N12O14/c1-11-51(3)68-76(105)88(5)50-67(98)90(7)60-30-19-15-24-43-94(75(60)104)63-44-53-33-31-52(32-34-53)26-17-13-14-18-29-59(70(99)85-68)89(6)66(97)47-62(74(103)93-41-22-16-23-42-93)91(8)77(106)69(55-27-20-21-28-55)92(9)78(107)79(39-25-40-79)86-71(100)61-46-56(109-12-2)48-95(61)72(101)58(84-65(96)49-87(4)73(63)102)38-36-54-35-37-57(80(81,82)83)64(45-54)108-10/h15,19,31-35,37,45,51,55-56,58-63,68-69H,11-14,16-18,20-30,36,38-44,46-50H2,1-10H3,(H,84,96)(H,85,99)(H,86,100)/b19-15-/t51-,56+,58-,59-,60-,61-,62-,63-,68-,69-/m0/s1. The van der Waals surface area contributed by atoms with Crippen LogP contribution in [-0.4, -0.2) is 270 Å². The number of likely N-dealkylation sites (N-methyl/N-ethyl adjacent to an activating group) is 6. The highest BCUT2D eigenvalue weighted by molar-refractivity contribution is 6.01. The number of hydrogen-bond donors (Lipinski definition) is 3. The molecule has 8 heterocycles. The summed E-state index contributed by atoms with van der Waals surface area (Å²) in [5, 5.41) is 8.84. The second-order valence-electron chi connectivity index (χ2n) is 31.2. The summed E-state index contributed by atoms with van der Waals surface area (Å²) >= 11 is 0. The summed E-state index contributed by atoms with van der Waals surface area (Å²) in [7, 11) is 9.76. The van der Waals surface area contributed by atoms with Gasteiger partial charge in [0.15, 0.2) is 0 Å². The van der Waals surface area contributed by atoms with Crippen LogP contribution < -0.4 is 20.7 Å². The van der Waals surface area contributed by atoms with Crippen LogP contribution in [0.15, 0.2) is 54.6 Å². The van der Waals surface area contributed by atoms with Gasteiger partial charge in [0, 0.05) is 87.9 Å². The van der Waals surface area contributed by atoms with Crippen LogP contribution in [0, 0.1) is 11.8 Å². The molecule has 3 N–H and O–H groups in total. The second-order valence-corrected chi connectivity index (χ2v) is 31.2. The lowest BCUT2D eigenvalue weighted by Crippen LogP contribution is -2.68. The van der Waals surface area contributed by atoms with Crippen LogP contribution in [0.2, 0.25) is 0 Å². The zero-order chi connectivity index (χ0) is 79.2. The maximum atomic E-state index is 15.9. The molecular weight excluding hydrogens is 1410 g/mol. The fourth-order valence-electron chi connectivity index (χ4n) is 16.8. The van der Waals surface area contributed by atoms with Crippen LogP contribution >= 0.6 is 0 Å². The minimum Gasteiger partial charge on any atom is -0.496 e. The topological polar surface area (TPSA) is 289 Å². The van der Waals surface area contributed by atoms with Crippen molar-refractivity contribution in [3.8, 4) is 5.75 Å². The number of ether oxygens (including phenoxy) is 2. The molecule has 2 saturated carbocycles. The molecule has 12 amide bonds. The number of benzene rings is 2. The van der Waals surface area contributed by atoms with E-state index in [2.05, 4.69) is 16.0 Å². The molecule has 5 fully saturated rings. The Bertz CT molecular complexity index is 3640. The largest absolute Gasteiger partial charge is 0.496 e. The zero-order valence-corrected chi connectivity index (χ0v) is 65.3. The van der Waals surface area contributed by atoms with Crippen molar-refractivity contribution in [3.05, 3.63) is 76.9 Å². The first-order valence-electron chi connectivity index (χ1n) is 39.4. The summed E-state index contributed by atoms with van der Waals surface area (Å²) in [5.41, 5.74) is -0.719. The quantitative estimate of drug-likeness (QED) is 0.236. The molecule has 10 aliphatic rings. The monoisotopic (exact) mass is 1520 g/mol. The van der Waals surface area contributed by atoms with Crippen molar-refractivity contribution in [2.75, 3.05) is 95.3 Å². The van der Waals surface area contributed by atoms with Gasteiger partial charge in [-0.15, -0.1) is 0 Å². The van der Waals surface area contributed by atoms with Gasteiger partial charge in [0.05, 0.1) is 38.3 Å². The summed E-state index contributed by atoms with van der Waals surface area (Å²) in [5.74, 6) is -9.32. The average Bonchev–Trinajstić information content (AvgIpc) is 1.36. The number of likely N-dealkylation sites (tertiary alicyclic amines) is 1. The lowest BCUT2D eigenvalue weighted by atomic mass is 9.74. The Morgan fingerprint density at radius 2 is 1.28 bits per heavy atom. The van der Waals surface area contributed by atoms with Crippen molar-refractivity contribution in [2.24, 2.45) is 11.8 Å². The molecule has 0 unspecified atom stereocenters. The van der Waals surface area contributed by atoms with Crippen molar-refractivity contribution in [1.82, 2.24) is 60.0 Å². The molecule has 2 aromatic carbocycles. The first-order valence-corrected chi connectivity index (χ1v) is 39.4. The van der Waals surface area contributed by atoms with Crippen LogP contribution in [0.3, 0.4) is 0 Å². The van der Waals surface area contributed by atoms with E-state index in [0.717, 1.165) is 49.3 Å². The fourth-order valence-corrected chi connectivity index (χ4v) is 16.8. The van der Waals surface area contributed by atoms with Crippen molar-refractivity contribution in [3.63, 3.8) is 0 Å². The maximum Gasteiger partial charge on any atom is 0.419 e. The molecular formula is C80H115F3N12O14. The number of aryl methyl sites for hydroxylation is 2. The highest BCUT2D eigenvalue weighted by atomic mass is 19.4. The predicted octanol–water partition coefficient (Wildman–Crippen LogP) is 5.83. The van der Waals surface area contributed by atoms with Gasteiger partial charge in [-0.1, -0.05) is 94.9 Å². The molecule has 6 bridgehead atoms. The van der Waals surface area contributed by atoms with Crippen molar-refractivity contribution >= 4 is 70.9 Å². The number of piperidine rings is 1. The third-order valence-corrected chi connectivity index (χ3v) is 23.9. The molecule has 0 radical (unpaired) electrons. The molecule has 29 heteroatoms. The van der Waals surface area contributed by atoms with Crippen molar-refractivity contribution in [2.45, 2.75) is 241 Å². The fraction of sp³-hybridized carbons (Fsp3) is 0.675.